The Bertz CT molecular complexity index is 425. The molecule has 0 bridgehead atoms. The van der Waals surface area contributed by atoms with E-state index >= 15 is 0 Å². The molecule has 0 radical (unpaired) electrons. The zero-order chi connectivity index (χ0) is 12.7. The number of rotatable bonds is 3. The average molecular weight is 241 g/mol. The van der Waals surface area contributed by atoms with Gasteiger partial charge in [-0.3, -0.25) is 9.59 Å². The lowest BCUT2D eigenvalue weighted by Crippen LogP contribution is -2.50. The van der Waals surface area contributed by atoms with Crippen molar-refractivity contribution in [2.75, 3.05) is 0 Å². The Balaban J connectivity index is 2.39. The molecule has 3 N–H and O–H groups in total. The van der Waals surface area contributed by atoms with E-state index in [2.05, 4.69) is 0 Å². The summed E-state index contributed by atoms with van der Waals surface area (Å²) >= 11 is 0. The van der Waals surface area contributed by atoms with E-state index in [-0.39, 0.29) is 6.04 Å². The molecule has 1 heterocycles. The van der Waals surface area contributed by atoms with Crippen molar-refractivity contribution < 1.29 is 29.7 Å². The molecule has 1 fully saturated rings. The fourth-order valence-corrected chi connectivity index (χ4v) is 1.86. The molecule has 2 atom stereocenters. The SMILES string of the molecule is O=C(O)C1=CN(C2CC2)C(O)C(C(=O)O)C1=O. The van der Waals surface area contributed by atoms with Gasteiger partial charge in [-0.1, -0.05) is 0 Å². The van der Waals surface area contributed by atoms with E-state index in [0.717, 1.165) is 19.0 Å². The number of hydrogen-bond donors (Lipinski definition) is 3. The minimum absolute atomic E-state index is 0.0747. The van der Waals surface area contributed by atoms with Gasteiger partial charge in [0.15, 0.2) is 11.7 Å². The number of Topliss-reactive ketones (excluding diaryl/α,β-unsaturated/α-hetero) is 1. The summed E-state index contributed by atoms with van der Waals surface area (Å²) in [4.78, 5) is 34.6. The zero-order valence-electron chi connectivity index (χ0n) is 8.74. The molecule has 0 aromatic heterocycles. The number of carboxylic acid groups (broad SMARTS) is 2. The van der Waals surface area contributed by atoms with Crippen LogP contribution in [0.3, 0.4) is 0 Å². The number of carboxylic acids is 2. The zero-order valence-corrected chi connectivity index (χ0v) is 8.74. The second-order valence-electron chi connectivity index (χ2n) is 4.12. The fraction of sp³-hybridized carbons (Fsp3) is 0.500. The van der Waals surface area contributed by atoms with E-state index in [1.54, 1.807) is 0 Å². The van der Waals surface area contributed by atoms with Crippen molar-refractivity contribution in [2.24, 2.45) is 5.92 Å². The molecule has 0 aromatic carbocycles. The average Bonchev–Trinajstić information content (AvgIpc) is 3.00. The third-order valence-electron chi connectivity index (χ3n) is 2.89. The van der Waals surface area contributed by atoms with Crippen molar-refractivity contribution in [3.8, 4) is 0 Å². The summed E-state index contributed by atoms with van der Waals surface area (Å²) in [5.74, 6) is -5.78. The Morgan fingerprint density at radius 3 is 2.29 bits per heavy atom. The van der Waals surface area contributed by atoms with Crippen LogP contribution in [-0.4, -0.2) is 50.2 Å². The van der Waals surface area contributed by atoms with Crippen molar-refractivity contribution in [2.45, 2.75) is 25.1 Å². The summed E-state index contributed by atoms with van der Waals surface area (Å²) in [5.41, 5.74) is -0.588. The second-order valence-corrected chi connectivity index (χ2v) is 4.12. The van der Waals surface area contributed by atoms with Gasteiger partial charge in [0.05, 0.1) is 0 Å². The van der Waals surface area contributed by atoms with Crippen molar-refractivity contribution >= 4 is 17.7 Å². The predicted octanol–water partition coefficient (Wildman–Crippen LogP) is -0.979. The molecule has 17 heavy (non-hydrogen) atoms. The van der Waals surface area contributed by atoms with Gasteiger partial charge in [0.2, 0.25) is 0 Å². The van der Waals surface area contributed by atoms with Crippen LogP contribution >= 0.6 is 0 Å². The van der Waals surface area contributed by atoms with Gasteiger partial charge in [0.25, 0.3) is 0 Å². The van der Waals surface area contributed by atoms with Crippen LogP contribution < -0.4 is 0 Å². The number of hydrogen-bond acceptors (Lipinski definition) is 5. The van der Waals surface area contributed by atoms with Gasteiger partial charge < -0.3 is 20.2 Å². The van der Waals surface area contributed by atoms with E-state index in [1.807, 2.05) is 0 Å². The summed E-state index contributed by atoms with van der Waals surface area (Å²) in [6, 6.07) is -0.0747. The highest BCUT2D eigenvalue weighted by molar-refractivity contribution is 6.22. The van der Waals surface area contributed by atoms with Gasteiger partial charge in [-0.2, -0.15) is 0 Å². The first-order valence-corrected chi connectivity index (χ1v) is 5.11. The van der Waals surface area contributed by atoms with Crippen molar-refractivity contribution in [1.29, 1.82) is 0 Å². The molecule has 0 aromatic rings. The first kappa shape index (κ1) is 11.6. The maximum absolute atomic E-state index is 11.6. The molecule has 7 heteroatoms. The van der Waals surface area contributed by atoms with Crippen LogP contribution in [0, 0.1) is 5.92 Å². The number of ketones is 1. The Hall–Kier alpha value is -1.89. The number of aliphatic hydroxyl groups excluding tert-OH is 1. The molecule has 2 aliphatic rings. The summed E-state index contributed by atoms with van der Waals surface area (Å²) < 4.78 is 0. The summed E-state index contributed by atoms with van der Waals surface area (Å²) in [6.45, 7) is 0. The Kier molecular flexibility index (Phi) is 2.62. The van der Waals surface area contributed by atoms with E-state index in [4.69, 9.17) is 10.2 Å². The molecule has 0 spiro atoms. The monoisotopic (exact) mass is 241 g/mol. The van der Waals surface area contributed by atoms with Gasteiger partial charge in [-0.25, -0.2) is 4.79 Å². The normalized spacial score (nSPS) is 28.9. The Morgan fingerprint density at radius 2 is 1.88 bits per heavy atom. The molecule has 2 rings (SSSR count). The predicted molar refractivity (Wildman–Crippen MR) is 52.7 cm³/mol. The van der Waals surface area contributed by atoms with E-state index in [9.17, 15) is 19.5 Å². The smallest absolute Gasteiger partial charge is 0.340 e. The van der Waals surface area contributed by atoms with Gasteiger partial charge in [-0.05, 0) is 12.8 Å². The van der Waals surface area contributed by atoms with E-state index in [1.165, 1.54) is 4.90 Å². The molecule has 2 unspecified atom stereocenters. The quantitative estimate of drug-likeness (QED) is 0.429. The molecule has 1 aliphatic heterocycles. The van der Waals surface area contributed by atoms with Gasteiger partial charge in [0.1, 0.15) is 11.8 Å². The number of carbonyl (C=O) groups is 3. The lowest BCUT2D eigenvalue weighted by atomic mass is 9.92. The lowest BCUT2D eigenvalue weighted by molar-refractivity contribution is -0.157. The number of aliphatic hydroxyl groups is 1. The Labute approximate surface area is 95.9 Å². The number of nitrogens with zero attached hydrogens (tertiary/aromatic N) is 1. The van der Waals surface area contributed by atoms with Gasteiger partial charge >= 0.3 is 11.9 Å². The highest BCUT2D eigenvalue weighted by atomic mass is 16.4. The maximum atomic E-state index is 11.6. The molecule has 92 valence electrons. The summed E-state index contributed by atoms with van der Waals surface area (Å²) in [5, 5.41) is 27.5. The molecular formula is C10H11NO6. The molecular weight excluding hydrogens is 230 g/mol. The molecule has 7 nitrogen and oxygen atoms in total. The van der Waals surface area contributed by atoms with Crippen LogP contribution in [0.15, 0.2) is 11.8 Å². The van der Waals surface area contributed by atoms with Crippen LogP contribution in [0.5, 0.6) is 0 Å². The lowest BCUT2D eigenvalue weighted by Gasteiger charge is -2.34. The summed E-state index contributed by atoms with van der Waals surface area (Å²) in [6.07, 6.45) is 1.06. The van der Waals surface area contributed by atoms with Crippen LogP contribution in [0.25, 0.3) is 0 Å². The highest BCUT2D eigenvalue weighted by Crippen LogP contribution is 2.34. The third-order valence-corrected chi connectivity index (χ3v) is 2.89. The number of aliphatic carboxylic acids is 2. The van der Waals surface area contributed by atoms with Crippen molar-refractivity contribution in [1.82, 2.24) is 4.90 Å². The first-order chi connectivity index (χ1) is 7.93. The molecule has 1 aliphatic carbocycles. The van der Waals surface area contributed by atoms with E-state index in [0.29, 0.717) is 0 Å². The highest BCUT2D eigenvalue weighted by Gasteiger charge is 2.47. The number of carbonyl (C=O) groups excluding carboxylic acids is 1. The van der Waals surface area contributed by atoms with Crippen LogP contribution in [0.1, 0.15) is 12.8 Å². The fourth-order valence-electron chi connectivity index (χ4n) is 1.86. The third kappa shape index (κ3) is 1.89. The Morgan fingerprint density at radius 1 is 1.29 bits per heavy atom. The minimum atomic E-state index is -1.73. The minimum Gasteiger partial charge on any atom is -0.481 e. The standard InChI is InChI=1S/C10H11NO6/c12-7-5(9(14)15)3-11(4-1-2-4)8(13)6(7)10(16)17/h3-4,6,8,13H,1-2H2,(H,14,15)(H,16,17). The maximum Gasteiger partial charge on any atom is 0.340 e. The first-order valence-electron chi connectivity index (χ1n) is 5.11. The van der Waals surface area contributed by atoms with Crippen molar-refractivity contribution in [3.63, 3.8) is 0 Å². The summed E-state index contributed by atoms with van der Waals surface area (Å²) in [7, 11) is 0. The molecule has 0 saturated heterocycles. The molecule has 1 saturated carbocycles. The molecule has 0 amide bonds. The van der Waals surface area contributed by atoms with Crippen LogP contribution in [0.4, 0.5) is 0 Å². The second kappa shape index (κ2) is 3.85. The largest absolute Gasteiger partial charge is 0.481 e. The topological polar surface area (TPSA) is 115 Å². The van der Waals surface area contributed by atoms with Crippen LogP contribution in [-0.2, 0) is 14.4 Å². The van der Waals surface area contributed by atoms with Gasteiger partial charge in [0, 0.05) is 12.2 Å². The van der Waals surface area contributed by atoms with E-state index < -0.39 is 35.4 Å². The van der Waals surface area contributed by atoms with Crippen LogP contribution in [0.2, 0.25) is 0 Å². The van der Waals surface area contributed by atoms with Gasteiger partial charge in [-0.15, -0.1) is 0 Å². The van der Waals surface area contributed by atoms with Crippen molar-refractivity contribution in [3.05, 3.63) is 11.8 Å².